The van der Waals surface area contributed by atoms with Crippen LogP contribution in [-0.2, 0) is 14.8 Å². The standard InChI is InChI=1S/C25H36N2O5S/c1-5-6-7-9-20-12-13-24-22(14-20)32-23(16-26(4)25(29)21-10-8-11-21)18(2)15-27(19(3)17-28)33(24,30)31/h12-14,18-19,21,23,28H,5-6,8,10-11,15-17H2,1-4H3/t18-,19-,23-/m0/s1. The molecule has 8 heteroatoms. The van der Waals surface area contributed by atoms with Gasteiger partial charge < -0.3 is 14.7 Å². The molecule has 1 fully saturated rings. The van der Waals surface area contributed by atoms with E-state index in [0.29, 0.717) is 12.1 Å². The van der Waals surface area contributed by atoms with Crippen LogP contribution < -0.4 is 4.74 Å². The van der Waals surface area contributed by atoms with Gasteiger partial charge in [0.05, 0.1) is 13.2 Å². The van der Waals surface area contributed by atoms with Gasteiger partial charge in [0.25, 0.3) is 0 Å². The van der Waals surface area contributed by atoms with Crippen molar-refractivity contribution in [2.75, 3.05) is 26.7 Å². The minimum absolute atomic E-state index is 0.0636. The van der Waals surface area contributed by atoms with Crippen LogP contribution >= 0.6 is 0 Å². The Labute approximate surface area is 198 Å². The number of unbranched alkanes of at least 4 members (excludes halogenated alkanes) is 1. The Kier molecular flexibility index (Phi) is 8.43. The zero-order valence-corrected chi connectivity index (χ0v) is 20.9. The molecule has 1 N–H and O–H groups in total. The summed E-state index contributed by atoms with van der Waals surface area (Å²) in [6, 6.07) is 4.32. The Hall–Kier alpha value is -2.08. The van der Waals surface area contributed by atoms with Gasteiger partial charge in [0.2, 0.25) is 15.9 Å². The zero-order chi connectivity index (χ0) is 24.2. The van der Waals surface area contributed by atoms with Crippen LogP contribution in [0.3, 0.4) is 0 Å². The number of fused-ring (bicyclic) bond motifs is 1. The van der Waals surface area contributed by atoms with Gasteiger partial charge >= 0.3 is 0 Å². The minimum Gasteiger partial charge on any atom is -0.487 e. The molecule has 0 bridgehead atoms. The maximum Gasteiger partial charge on any atom is 0.247 e. The zero-order valence-electron chi connectivity index (χ0n) is 20.1. The normalized spacial score (nSPS) is 23.5. The number of nitrogens with zero attached hydrogens (tertiary/aromatic N) is 2. The summed E-state index contributed by atoms with van der Waals surface area (Å²) in [5.41, 5.74) is 0.685. The molecular formula is C25H36N2O5S. The van der Waals surface area contributed by atoms with E-state index in [1.54, 1.807) is 31.0 Å². The van der Waals surface area contributed by atoms with Gasteiger partial charge in [-0.3, -0.25) is 4.79 Å². The van der Waals surface area contributed by atoms with E-state index in [4.69, 9.17) is 4.74 Å². The first kappa shape index (κ1) is 25.5. The van der Waals surface area contributed by atoms with Crippen LogP contribution in [-0.4, -0.2) is 67.5 Å². The van der Waals surface area contributed by atoms with Crippen molar-refractivity contribution in [1.29, 1.82) is 0 Å². The van der Waals surface area contributed by atoms with Crippen LogP contribution in [0, 0.1) is 23.7 Å². The highest BCUT2D eigenvalue weighted by Crippen LogP contribution is 2.34. The molecule has 1 saturated carbocycles. The second-order valence-electron chi connectivity index (χ2n) is 9.30. The van der Waals surface area contributed by atoms with Gasteiger partial charge in [-0.15, -0.1) is 0 Å². The van der Waals surface area contributed by atoms with E-state index in [1.807, 2.05) is 6.92 Å². The highest BCUT2D eigenvalue weighted by atomic mass is 32.2. The van der Waals surface area contributed by atoms with Crippen LogP contribution in [0.2, 0.25) is 0 Å². The average Bonchev–Trinajstić information content (AvgIpc) is 2.74. The van der Waals surface area contributed by atoms with Crippen molar-refractivity contribution in [3.63, 3.8) is 0 Å². The quantitative estimate of drug-likeness (QED) is 0.638. The highest BCUT2D eigenvalue weighted by molar-refractivity contribution is 7.89. The summed E-state index contributed by atoms with van der Waals surface area (Å²) >= 11 is 0. The largest absolute Gasteiger partial charge is 0.487 e. The van der Waals surface area contributed by atoms with E-state index in [2.05, 4.69) is 18.8 Å². The number of carbonyl (C=O) groups excluding carboxylic acids is 1. The molecule has 1 heterocycles. The number of ether oxygens (including phenoxy) is 1. The molecule has 0 radical (unpaired) electrons. The molecule has 1 amide bonds. The number of rotatable bonds is 6. The topological polar surface area (TPSA) is 87.2 Å². The average molecular weight is 477 g/mol. The van der Waals surface area contributed by atoms with E-state index in [9.17, 15) is 18.3 Å². The summed E-state index contributed by atoms with van der Waals surface area (Å²) in [5, 5.41) is 9.75. The molecule has 1 aromatic rings. The molecule has 33 heavy (non-hydrogen) atoms. The van der Waals surface area contributed by atoms with Crippen molar-refractivity contribution in [2.45, 2.75) is 69.9 Å². The van der Waals surface area contributed by atoms with Crippen molar-refractivity contribution in [3.8, 4) is 17.6 Å². The molecule has 1 aliphatic heterocycles. The molecule has 1 aliphatic carbocycles. The number of amides is 1. The predicted molar refractivity (Wildman–Crippen MR) is 127 cm³/mol. The van der Waals surface area contributed by atoms with Crippen LogP contribution in [0.5, 0.6) is 5.75 Å². The van der Waals surface area contributed by atoms with E-state index >= 15 is 0 Å². The molecule has 0 spiro atoms. The first-order valence-corrected chi connectivity index (χ1v) is 13.3. The van der Waals surface area contributed by atoms with Crippen molar-refractivity contribution >= 4 is 15.9 Å². The van der Waals surface area contributed by atoms with Gasteiger partial charge in [-0.2, -0.15) is 4.31 Å². The summed E-state index contributed by atoms with van der Waals surface area (Å²) in [7, 11) is -2.10. The summed E-state index contributed by atoms with van der Waals surface area (Å²) in [6.07, 6.45) is 4.23. The molecule has 2 aliphatic rings. The number of likely N-dealkylation sites (N-methyl/N-ethyl adjacent to an activating group) is 1. The molecular weight excluding hydrogens is 440 g/mol. The molecule has 0 saturated heterocycles. The first-order chi connectivity index (χ1) is 15.7. The van der Waals surface area contributed by atoms with Gasteiger partial charge in [0.15, 0.2) is 0 Å². The van der Waals surface area contributed by atoms with Crippen LogP contribution in [0.15, 0.2) is 23.1 Å². The minimum atomic E-state index is -3.89. The van der Waals surface area contributed by atoms with Crippen LogP contribution in [0.1, 0.15) is 58.4 Å². The molecule has 7 nitrogen and oxygen atoms in total. The fourth-order valence-corrected chi connectivity index (χ4v) is 5.96. The Morgan fingerprint density at radius 3 is 2.70 bits per heavy atom. The van der Waals surface area contributed by atoms with Crippen LogP contribution in [0.4, 0.5) is 0 Å². The van der Waals surface area contributed by atoms with Gasteiger partial charge in [0.1, 0.15) is 16.7 Å². The lowest BCUT2D eigenvalue weighted by Gasteiger charge is -2.38. The van der Waals surface area contributed by atoms with E-state index in [-0.39, 0.29) is 41.5 Å². The number of hydrogen-bond acceptors (Lipinski definition) is 5. The predicted octanol–water partition coefficient (Wildman–Crippen LogP) is 2.87. The van der Waals surface area contributed by atoms with Crippen molar-refractivity contribution in [2.24, 2.45) is 11.8 Å². The van der Waals surface area contributed by atoms with Gasteiger partial charge in [0, 0.05) is 43.5 Å². The Balaban J connectivity index is 1.99. The number of aliphatic hydroxyl groups excluding tert-OH is 1. The number of sulfonamides is 1. The number of benzene rings is 1. The van der Waals surface area contributed by atoms with Crippen molar-refractivity contribution in [1.82, 2.24) is 9.21 Å². The second kappa shape index (κ2) is 10.9. The SMILES string of the molecule is CCCC#Cc1ccc2c(c1)O[C@@H](CN(C)C(=O)C1CCC1)[C@@H](C)CN([C@@H](C)CO)S2(=O)=O. The Morgan fingerprint density at radius 2 is 2.09 bits per heavy atom. The Bertz CT molecular complexity index is 1010. The number of hydrogen-bond donors (Lipinski definition) is 1. The molecule has 0 aromatic heterocycles. The van der Waals surface area contributed by atoms with Gasteiger partial charge in [-0.25, -0.2) is 8.42 Å². The molecule has 0 unspecified atom stereocenters. The second-order valence-corrected chi connectivity index (χ2v) is 11.2. The van der Waals surface area contributed by atoms with E-state index in [1.165, 1.54) is 10.4 Å². The molecule has 1 aromatic carbocycles. The van der Waals surface area contributed by atoms with Crippen molar-refractivity contribution < 1.29 is 23.1 Å². The molecule has 182 valence electrons. The maximum absolute atomic E-state index is 13.5. The number of carbonyl (C=O) groups is 1. The lowest BCUT2D eigenvalue weighted by atomic mass is 9.84. The monoisotopic (exact) mass is 476 g/mol. The highest BCUT2D eigenvalue weighted by Gasteiger charge is 2.39. The fraction of sp³-hybridized carbons (Fsp3) is 0.640. The first-order valence-electron chi connectivity index (χ1n) is 11.9. The third-order valence-corrected chi connectivity index (χ3v) is 8.58. The van der Waals surface area contributed by atoms with Gasteiger partial charge in [-0.05, 0) is 44.4 Å². The molecule has 3 atom stereocenters. The summed E-state index contributed by atoms with van der Waals surface area (Å²) in [4.78, 5) is 14.5. The summed E-state index contributed by atoms with van der Waals surface area (Å²) in [5.74, 6) is 6.40. The van der Waals surface area contributed by atoms with Gasteiger partial charge in [-0.1, -0.05) is 32.1 Å². The maximum atomic E-state index is 13.5. The fourth-order valence-electron chi connectivity index (χ4n) is 4.14. The third kappa shape index (κ3) is 5.71. The van der Waals surface area contributed by atoms with Crippen LogP contribution in [0.25, 0.3) is 0 Å². The molecule has 3 rings (SSSR count). The van der Waals surface area contributed by atoms with Crippen molar-refractivity contribution in [3.05, 3.63) is 23.8 Å². The lowest BCUT2D eigenvalue weighted by molar-refractivity contribution is -0.138. The third-order valence-electron chi connectivity index (χ3n) is 6.56. The number of aliphatic hydroxyl groups is 1. The smallest absolute Gasteiger partial charge is 0.247 e. The van der Waals surface area contributed by atoms with E-state index < -0.39 is 22.2 Å². The summed E-state index contributed by atoms with van der Waals surface area (Å²) < 4.78 is 34.7. The van der Waals surface area contributed by atoms with E-state index in [0.717, 1.165) is 32.1 Å². The lowest BCUT2D eigenvalue weighted by Crippen LogP contribution is -2.50. The Morgan fingerprint density at radius 1 is 1.36 bits per heavy atom. The summed E-state index contributed by atoms with van der Waals surface area (Å²) in [6.45, 7) is 5.94.